The summed E-state index contributed by atoms with van der Waals surface area (Å²) in [7, 11) is 0. The molecule has 0 fully saturated rings. The molecule has 0 aliphatic rings. The lowest BCUT2D eigenvalue weighted by molar-refractivity contribution is -0.119. The Balaban J connectivity index is 2.16. The number of ketones is 1. The Morgan fingerprint density at radius 2 is 1.95 bits per heavy atom. The van der Waals surface area contributed by atoms with Crippen molar-refractivity contribution in [2.75, 3.05) is 0 Å². The molecule has 5 heteroatoms. The van der Waals surface area contributed by atoms with Crippen molar-refractivity contribution in [2.24, 2.45) is 5.92 Å². The van der Waals surface area contributed by atoms with Gasteiger partial charge in [-0.05, 0) is 30.5 Å². The Hall–Kier alpha value is -1.49. The SMILES string of the molecule is CC(=O)C(c1nc(Cc2ccc(Br)cc2)no1)C(C)C. The van der Waals surface area contributed by atoms with E-state index < -0.39 is 0 Å². The van der Waals surface area contributed by atoms with Gasteiger partial charge in [-0.15, -0.1) is 0 Å². The second-order valence-corrected chi connectivity index (χ2v) is 6.10. The first-order chi connectivity index (χ1) is 9.47. The summed E-state index contributed by atoms with van der Waals surface area (Å²) in [6, 6.07) is 7.96. The first-order valence-electron chi connectivity index (χ1n) is 6.54. The summed E-state index contributed by atoms with van der Waals surface area (Å²) in [6.45, 7) is 5.51. The molecule has 0 radical (unpaired) electrons. The number of hydrogen-bond donors (Lipinski definition) is 0. The third-order valence-electron chi connectivity index (χ3n) is 3.13. The second kappa shape index (κ2) is 6.31. The maximum absolute atomic E-state index is 11.7. The molecule has 2 rings (SSSR count). The number of halogens is 1. The molecule has 0 N–H and O–H groups in total. The molecule has 0 saturated heterocycles. The van der Waals surface area contributed by atoms with Gasteiger partial charge in [0, 0.05) is 10.9 Å². The topological polar surface area (TPSA) is 56.0 Å². The van der Waals surface area contributed by atoms with E-state index in [1.165, 1.54) is 0 Å². The van der Waals surface area contributed by atoms with Gasteiger partial charge in [0.05, 0.1) is 5.92 Å². The lowest BCUT2D eigenvalue weighted by Gasteiger charge is -2.12. The van der Waals surface area contributed by atoms with Crippen LogP contribution in [-0.4, -0.2) is 15.9 Å². The third kappa shape index (κ3) is 3.54. The van der Waals surface area contributed by atoms with Gasteiger partial charge in [0.25, 0.3) is 0 Å². The summed E-state index contributed by atoms with van der Waals surface area (Å²) < 4.78 is 6.29. The maximum Gasteiger partial charge on any atom is 0.237 e. The predicted octanol–water partition coefficient (Wildman–Crippen LogP) is 3.75. The predicted molar refractivity (Wildman–Crippen MR) is 79.5 cm³/mol. The van der Waals surface area contributed by atoms with Crippen molar-refractivity contribution in [3.05, 3.63) is 46.0 Å². The number of nitrogens with zero attached hydrogens (tertiary/aromatic N) is 2. The van der Waals surface area contributed by atoms with Crippen molar-refractivity contribution in [3.63, 3.8) is 0 Å². The van der Waals surface area contributed by atoms with Crippen LogP contribution in [0, 0.1) is 5.92 Å². The van der Waals surface area contributed by atoms with Crippen molar-refractivity contribution in [3.8, 4) is 0 Å². The van der Waals surface area contributed by atoms with Gasteiger partial charge < -0.3 is 4.52 Å². The van der Waals surface area contributed by atoms with Crippen LogP contribution in [0.2, 0.25) is 0 Å². The Morgan fingerprint density at radius 3 is 2.50 bits per heavy atom. The molecule has 4 nitrogen and oxygen atoms in total. The monoisotopic (exact) mass is 336 g/mol. The molecule has 1 heterocycles. The molecular formula is C15H17BrN2O2. The van der Waals surface area contributed by atoms with Gasteiger partial charge in [0.15, 0.2) is 5.82 Å². The minimum absolute atomic E-state index is 0.0545. The molecule has 0 aliphatic heterocycles. The largest absolute Gasteiger partial charge is 0.339 e. The van der Waals surface area contributed by atoms with Gasteiger partial charge in [-0.1, -0.05) is 47.1 Å². The number of hydrogen-bond acceptors (Lipinski definition) is 4. The molecule has 1 atom stereocenters. The molecule has 1 aromatic heterocycles. The molecule has 0 bridgehead atoms. The molecular weight excluding hydrogens is 320 g/mol. The fraction of sp³-hybridized carbons (Fsp3) is 0.400. The highest BCUT2D eigenvalue weighted by molar-refractivity contribution is 9.10. The fourth-order valence-electron chi connectivity index (χ4n) is 2.18. The van der Waals surface area contributed by atoms with Crippen molar-refractivity contribution >= 4 is 21.7 Å². The van der Waals surface area contributed by atoms with Gasteiger partial charge in [0.2, 0.25) is 5.89 Å². The Labute approximate surface area is 126 Å². The summed E-state index contributed by atoms with van der Waals surface area (Å²) in [5, 5.41) is 3.97. The van der Waals surface area contributed by atoms with Crippen molar-refractivity contribution in [1.29, 1.82) is 0 Å². The van der Waals surface area contributed by atoms with E-state index in [1.54, 1.807) is 6.92 Å². The summed E-state index contributed by atoms with van der Waals surface area (Å²) in [6.07, 6.45) is 0.597. The van der Waals surface area contributed by atoms with Gasteiger partial charge in [-0.3, -0.25) is 4.79 Å². The molecule has 0 amide bonds. The smallest absolute Gasteiger partial charge is 0.237 e. The third-order valence-corrected chi connectivity index (χ3v) is 3.66. The van der Waals surface area contributed by atoms with E-state index in [9.17, 15) is 4.79 Å². The van der Waals surface area contributed by atoms with E-state index in [2.05, 4.69) is 26.1 Å². The zero-order valence-electron chi connectivity index (χ0n) is 11.8. The number of benzene rings is 1. The molecule has 20 heavy (non-hydrogen) atoms. The highest BCUT2D eigenvalue weighted by Crippen LogP contribution is 2.24. The lowest BCUT2D eigenvalue weighted by atomic mass is 9.92. The highest BCUT2D eigenvalue weighted by atomic mass is 79.9. The van der Waals surface area contributed by atoms with E-state index in [4.69, 9.17) is 4.52 Å². The number of Topliss-reactive ketones (excluding diaryl/α,β-unsaturated/α-hetero) is 1. The Bertz CT molecular complexity index is 590. The Kier molecular flexibility index (Phi) is 4.70. The molecule has 1 unspecified atom stereocenters. The number of rotatable bonds is 5. The minimum atomic E-state index is -0.318. The van der Waals surface area contributed by atoms with Gasteiger partial charge in [-0.25, -0.2) is 0 Å². The van der Waals surface area contributed by atoms with Crippen molar-refractivity contribution < 1.29 is 9.32 Å². The number of carbonyl (C=O) groups is 1. The first kappa shape index (κ1) is 14.9. The van der Waals surface area contributed by atoms with Crippen LogP contribution in [0.5, 0.6) is 0 Å². The molecule has 2 aromatic rings. The number of aromatic nitrogens is 2. The van der Waals surface area contributed by atoms with Crippen LogP contribution in [-0.2, 0) is 11.2 Å². The van der Waals surface area contributed by atoms with E-state index >= 15 is 0 Å². The summed E-state index contributed by atoms with van der Waals surface area (Å²) in [4.78, 5) is 16.0. The zero-order chi connectivity index (χ0) is 14.7. The van der Waals surface area contributed by atoms with E-state index in [0.717, 1.165) is 10.0 Å². The van der Waals surface area contributed by atoms with Crippen LogP contribution >= 0.6 is 15.9 Å². The molecule has 0 spiro atoms. The van der Waals surface area contributed by atoms with Crippen LogP contribution in [0.15, 0.2) is 33.3 Å². The van der Waals surface area contributed by atoms with Gasteiger partial charge in [0.1, 0.15) is 5.78 Å². The minimum Gasteiger partial charge on any atom is -0.339 e. The zero-order valence-corrected chi connectivity index (χ0v) is 13.3. The second-order valence-electron chi connectivity index (χ2n) is 5.18. The van der Waals surface area contributed by atoms with Crippen molar-refractivity contribution in [2.45, 2.75) is 33.1 Å². The van der Waals surface area contributed by atoms with Crippen LogP contribution in [0.1, 0.15) is 44.0 Å². The fourth-order valence-corrected chi connectivity index (χ4v) is 2.44. The van der Waals surface area contributed by atoms with E-state index in [0.29, 0.717) is 18.1 Å². The summed E-state index contributed by atoms with van der Waals surface area (Å²) in [5.41, 5.74) is 1.10. The standard InChI is InChI=1S/C15H17BrN2O2/c1-9(2)14(10(3)19)15-17-13(18-20-15)8-11-4-6-12(16)7-5-11/h4-7,9,14H,8H2,1-3H3. The molecule has 0 saturated carbocycles. The van der Waals surface area contributed by atoms with Crippen molar-refractivity contribution in [1.82, 2.24) is 10.1 Å². The number of carbonyl (C=O) groups excluding carboxylic acids is 1. The van der Waals surface area contributed by atoms with E-state index in [1.807, 2.05) is 38.1 Å². The van der Waals surface area contributed by atoms with Crippen LogP contribution < -0.4 is 0 Å². The maximum atomic E-state index is 11.7. The quantitative estimate of drug-likeness (QED) is 0.834. The molecule has 0 aliphatic carbocycles. The normalized spacial score (nSPS) is 12.7. The molecule has 106 valence electrons. The average molecular weight is 337 g/mol. The van der Waals surface area contributed by atoms with E-state index in [-0.39, 0.29) is 17.6 Å². The first-order valence-corrected chi connectivity index (χ1v) is 7.34. The van der Waals surface area contributed by atoms with Gasteiger partial charge >= 0.3 is 0 Å². The van der Waals surface area contributed by atoms with Crippen LogP contribution in [0.4, 0.5) is 0 Å². The lowest BCUT2D eigenvalue weighted by Crippen LogP contribution is -2.15. The summed E-state index contributed by atoms with van der Waals surface area (Å²) >= 11 is 3.40. The highest BCUT2D eigenvalue weighted by Gasteiger charge is 2.26. The molecule has 1 aromatic carbocycles. The Morgan fingerprint density at radius 1 is 1.30 bits per heavy atom. The summed E-state index contributed by atoms with van der Waals surface area (Å²) in [5.74, 6) is 0.905. The average Bonchev–Trinajstić information content (AvgIpc) is 2.79. The van der Waals surface area contributed by atoms with Crippen LogP contribution in [0.25, 0.3) is 0 Å². The van der Waals surface area contributed by atoms with Gasteiger partial charge in [-0.2, -0.15) is 4.98 Å². The van der Waals surface area contributed by atoms with Crippen LogP contribution in [0.3, 0.4) is 0 Å².